The molecule has 0 aliphatic carbocycles. The molecule has 0 fully saturated rings. The van der Waals surface area contributed by atoms with Gasteiger partial charge in [0.1, 0.15) is 12.4 Å². The Hall–Kier alpha value is -1.80. The molecule has 1 heterocycles. The molecule has 0 amide bonds. The molecule has 0 aliphatic heterocycles. The Morgan fingerprint density at radius 2 is 2.29 bits per heavy atom. The van der Waals surface area contributed by atoms with E-state index in [4.69, 9.17) is 9.84 Å². The van der Waals surface area contributed by atoms with Crippen molar-refractivity contribution in [2.24, 2.45) is 0 Å². The van der Waals surface area contributed by atoms with Crippen LogP contribution in [0.25, 0.3) is 0 Å². The SMILES string of the molecule is C=CCn1c(COc2ccc(CC)cc2Br)nnc1SCC(=O)O. The molecule has 0 saturated carbocycles. The van der Waals surface area contributed by atoms with Crippen LogP contribution < -0.4 is 4.74 Å². The molecule has 1 N–H and O–H groups in total. The Bertz CT molecular complexity index is 733. The van der Waals surface area contributed by atoms with Crippen LogP contribution in [0.2, 0.25) is 0 Å². The molecule has 1 aromatic carbocycles. The van der Waals surface area contributed by atoms with E-state index in [2.05, 4.69) is 39.6 Å². The van der Waals surface area contributed by atoms with Crippen molar-refractivity contribution in [3.05, 3.63) is 46.7 Å². The first kappa shape index (κ1) is 18.5. The second kappa shape index (κ2) is 8.89. The lowest BCUT2D eigenvalue weighted by Gasteiger charge is -2.10. The van der Waals surface area contributed by atoms with Crippen LogP contribution in [-0.4, -0.2) is 31.6 Å². The number of ether oxygens (including phenoxy) is 1. The topological polar surface area (TPSA) is 77.2 Å². The fraction of sp³-hybridized carbons (Fsp3) is 0.312. The number of hydrogen-bond donors (Lipinski definition) is 1. The summed E-state index contributed by atoms with van der Waals surface area (Å²) in [5.41, 5.74) is 1.22. The third-order valence-electron chi connectivity index (χ3n) is 3.19. The maximum Gasteiger partial charge on any atom is 0.313 e. The zero-order chi connectivity index (χ0) is 17.5. The number of carboxylic acids is 1. The number of carbonyl (C=O) groups is 1. The summed E-state index contributed by atoms with van der Waals surface area (Å²) in [6, 6.07) is 5.96. The minimum absolute atomic E-state index is 0.0693. The Balaban J connectivity index is 2.11. The van der Waals surface area contributed by atoms with Gasteiger partial charge in [0.05, 0.1) is 10.2 Å². The largest absolute Gasteiger partial charge is 0.484 e. The molecule has 0 saturated heterocycles. The van der Waals surface area contributed by atoms with E-state index >= 15 is 0 Å². The highest BCUT2D eigenvalue weighted by atomic mass is 79.9. The molecule has 24 heavy (non-hydrogen) atoms. The van der Waals surface area contributed by atoms with Crippen LogP contribution in [0.15, 0.2) is 40.5 Å². The summed E-state index contributed by atoms with van der Waals surface area (Å²) in [4.78, 5) is 10.7. The number of rotatable bonds is 9. The number of halogens is 1. The van der Waals surface area contributed by atoms with Gasteiger partial charge >= 0.3 is 5.97 Å². The van der Waals surface area contributed by atoms with Gasteiger partial charge in [-0.05, 0) is 40.0 Å². The third-order valence-corrected chi connectivity index (χ3v) is 4.76. The maximum atomic E-state index is 10.7. The van der Waals surface area contributed by atoms with Gasteiger partial charge in [-0.15, -0.1) is 16.8 Å². The molecule has 8 heteroatoms. The van der Waals surface area contributed by atoms with Gasteiger partial charge in [-0.25, -0.2) is 0 Å². The molecule has 0 bridgehead atoms. The van der Waals surface area contributed by atoms with Crippen LogP contribution >= 0.6 is 27.7 Å². The highest BCUT2D eigenvalue weighted by Crippen LogP contribution is 2.27. The summed E-state index contributed by atoms with van der Waals surface area (Å²) in [5, 5.41) is 17.5. The number of aromatic nitrogens is 3. The number of nitrogens with zero attached hydrogens (tertiary/aromatic N) is 3. The first-order valence-electron chi connectivity index (χ1n) is 7.34. The lowest BCUT2D eigenvalue weighted by atomic mass is 10.2. The van der Waals surface area contributed by atoms with Gasteiger partial charge in [0, 0.05) is 6.54 Å². The lowest BCUT2D eigenvalue weighted by molar-refractivity contribution is -0.133. The van der Waals surface area contributed by atoms with Gasteiger partial charge in [-0.1, -0.05) is 30.8 Å². The van der Waals surface area contributed by atoms with E-state index < -0.39 is 5.97 Å². The zero-order valence-corrected chi connectivity index (χ0v) is 15.6. The lowest BCUT2D eigenvalue weighted by Crippen LogP contribution is -2.08. The summed E-state index contributed by atoms with van der Waals surface area (Å²) in [6.45, 7) is 6.53. The molecule has 0 spiro atoms. The van der Waals surface area contributed by atoms with E-state index in [1.54, 1.807) is 10.6 Å². The van der Waals surface area contributed by atoms with E-state index in [0.717, 1.165) is 28.4 Å². The van der Waals surface area contributed by atoms with Crippen LogP contribution in [0.4, 0.5) is 0 Å². The van der Waals surface area contributed by atoms with Gasteiger partial charge < -0.3 is 9.84 Å². The smallest absolute Gasteiger partial charge is 0.313 e. The van der Waals surface area contributed by atoms with Crippen molar-refractivity contribution < 1.29 is 14.6 Å². The molecule has 2 aromatic rings. The van der Waals surface area contributed by atoms with E-state index in [-0.39, 0.29) is 12.4 Å². The summed E-state index contributed by atoms with van der Waals surface area (Å²) < 4.78 is 8.50. The zero-order valence-electron chi connectivity index (χ0n) is 13.2. The second-order valence-corrected chi connectivity index (χ2v) is 6.68. The molecule has 1 aromatic heterocycles. The number of aryl methyl sites for hydroxylation is 1. The number of allylic oxidation sites excluding steroid dienone is 1. The second-order valence-electron chi connectivity index (χ2n) is 4.89. The molecule has 0 radical (unpaired) electrons. The minimum atomic E-state index is -0.897. The van der Waals surface area contributed by atoms with Crippen LogP contribution in [0.1, 0.15) is 18.3 Å². The Morgan fingerprint density at radius 3 is 2.92 bits per heavy atom. The highest BCUT2D eigenvalue weighted by Gasteiger charge is 2.14. The van der Waals surface area contributed by atoms with Crippen molar-refractivity contribution in [2.45, 2.75) is 31.7 Å². The van der Waals surface area contributed by atoms with Gasteiger partial charge in [-0.3, -0.25) is 9.36 Å². The van der Waals surface area contributed by atoms with Crippen LogP contribution in [0.5, 0.6) is 5.75 Å². The molecule has 0 aliphatic rings. The van der Waals surface area contributed by atoms with Crippen LogP contribution in [0, 0.1) is 0 Å². The van der Waals surface area contributed by atoms with Gasteiger partial charge in [0.2, 0.25) is 0 Å². The summed E-state index contributed by atoms with van der Waals surface area (Å²) >= 11 is 4.63. The van der Waals surface area contributed by atoms with Crippen molar-refractivity contribution in [3.8, 4) is 5.75 Å². The van der Waals surface area contributed by atoms with E-state index in [9.17, 15) is 4.79 Å². The van der Waals surface area contributed by atoms with Crippen molar-refractivity contribution in [1.82, 2.24) is 14.8 Å². The Kier molecular flexibility index (Phi) is 6.86. The Labute approximate surface area is 153 Å². The fourth-order valence-corrected chi connectivity index (χ4v) is 3.22. The quantitative estimate of drug-likeness (QED) is 0.502. The average molecular weight is 412 g/mol. The number of carboxylic acid groups (broad SMARTS) is 1. The molecule has 128 valence electrons. The van der Waals surface area contributed by atoms with Crippen molar-refractivity contribution >= 4 is 33.7 Å². The average Bonchev–Trinajstić information content (AvgIpc) is 2.94. The summed E-state index contributed by atoms with van der Waals surface area (Å²) in [6.07, 6.45) is 2.67. The van der Waals surface area contributed by atoms with Crippen molar-refractivity contribution in [2.75, 3.05) is 5.75 Å². The van der Waals surface area contributed by atoms with Crippen molar-refractivity contribution in [1.29, 1.82) is 0 Å². The molecular weight excluding hydrogens is 394 g/mol. The molecule has 6 nitrogen and oxygen atoms in total. The summed E-state index contributed by atoms with van der Waals surface area (Å²) in [5.74, 6) is 0.375. The first-order chi connectivity index (χ1) is 11.5. The van der Waals surface area contributed by atoms with Gasteiger partial charge in [0.25, 0.3) is 0 Å². The van der Waals surface area contributed by atoms with Gasteiger partial charge in [-0.2, -0.15) is 0 Å². The maximum absolute atomic E-state index is 10.7. The Morgan fingerprint density at radius 1 is 1.50 bits per heavy atom. The predicted octanol–water partition coefficient (Wildman–Crippen LogP) is 3.54. The van der Waals surface area contributed by atoms with E-state index in [1.165, 1.54) is 5.56 Å². The normalized spacial score (nSPS) is 10.6. The van der Waals surface area contributed by atoms with E-state index in [0.29, 0.717) is 17.5 Å². The standard InChI is InChI=1S/C16H18BrN3O3S/c1-3-7-20-14(18-19-16(20)24-10-15(21)22)9-23-13-6-5-11(4-2)8-12(13)17/h3,5-6,8H,1,4,7,9-10H2,2H3,(H,21,22). The monoisotopic (exact) mass is 411 g/mol. The van der Waals surface area contributed by atoms with E-state index in [1.807, 2.05) is 18.2 Å². The predicted molar refractivity (Wildman–Crippen MR) is 96.4 cm³/mol. The highest BCUT2D eigenvalue weighted by molar-refractivity contribution is 9.10. The summed E-state index contributed by atoms with van der Waals surface area (Å²) in [7, 11) is 0. The molecule has 0 atom stereocenters. The number of benzene rings is 1. The minimum Gasteiger partial charge on any atom is -0.484 e. The van der Waals surface area contributed by atoms with Crippen molar-refractivity contribution in [3.63, 3.8) is 0 Å². The molecular formula is C16H18BrN3O3S. The first-order valence-corrected chi connectivity index (χ1v) is 9.11. The van der Waals surface area contributed by atoms with Crippen LogP contribution in [0.3, 0.4) is 0 Å². The number of hydrogen-bond acceptors (Lipinski definition) is 5. The molecule has 0 unspecified atom stereocenters. The third kappa shape index (κ3) is 4.85. The number of aliphatic carboxylic acids is 1. The fourth-order valence-electron chi connectivity index (χ4n) is 1.99. The van der Waals surface area contributed by atoms with Crippen LogP contribution in [-0.2, 0) is 24.4 Å². The number of thioether (sulfide) groups is 1. The van der Waals surface area contributed by atoms with Gasteiger partial charge in [0.15, 0.2) is 11.0 Å². The molecule has 2 rings (SSSR count).